The van der Waals surface area contributed by atoms with Crippen LogP contribution in [0.4, 0.5) is 8.78 Å². The highest BCUT2D eigenvalue weighted by molar-refractivity contribution is 5.43. The Morgan fingerprint density at radius 1 is 1.20 bits per heavy atom. The lowest BCUT2D eigenvalue weighted by molar-refractivity contribution is -0.0483. The number of hydrogen-bond donors (Lipinski definition) is 1. The van der Waals surface area contributed by atoms with E-state index >= 15 is 0 Å². The molecule has 1 aromatic carbocycles. The lowest BCUT2D eigenvalue weighted by atomic mass is 9.79. The van der Waals surface area contributed by atoms with Gasteiger partial charge < -0.3 is 10.5 Å². The van der Waals surface area contributed by atoms with E-state index in [9.17, 15) is 8.78 Å². The fraction of sp³-hybridized carbons (Fsp3) is 0.625. The van der Waals surface area contributed by atoms with Crippen LogP contribution in [0.5, 0.6) is 5.75 Å². The number of rotatable bonds is 3. The summed E-state index contributed by atoms with van der Waals surface area (Å²) in [4.78, 5) is 0. The maximum atomic E-state index is 13.2. The third-order valence-corrected chi connectivity index (χ3v) is 4.41. The molecular formula is C16H23F2NO. The van der Waals surface area contributed by atoms with Gasteiger partial charge in [-0.25, -0.2) is 8.78 Å². The minimum Gasteiger partial charge on any atom is -0.496 e. The standard InChI is InChI=1S/C16H23F2NO/c1-10-9-14(20-3)11(2)8-13(10)15(19)12-4-6-16(17,18)7-5-12/h8-9,12,15H,4-7,19H2,1-3H3. The summed E-state index contributed by atoms with van der Waals surface area (Å²) < 4.78 is 31.8. The molecule has 0 radical (unpaired) electrons. The third kappa shape index (κ3) is 3.11. The molecule has 4 heteroatoms. The molecule has 1 unspecified atom stereocenters. The number of hydrogen-bond acceptors (Lipinski definition) is 2. The first-order valence-electron chi connectivity index (χ1n) is 7.12. The van der Waals surface area contributed by atoms with Crippen molar-refractivity contribution < 1.29 is 13.5 Å². The number of nitrogens with two attached hydrogens (primary N) is 1. The third-order valence-electron chi connectivity index (χ3n) is 4.41. The van der Waals surface area contributed by atoms with E-state index in [-0.39, 0.29) is 24.8 Å². The van der Waals surface area contributed by atoms with Gasteiger partial charge in [-0.3, -0.25) is 0 Å². The van der Waals surface area contributed by atoms with Gasteiger partial charge >= 0.3 is 0 Å². The maximum Gasteiger partial charge on any atom is 0.248 e. The Morgan fingerprint density at radius 3 is 2.35 bits per heavy atom. The van der Waals surface area contributed by atoms with Gasteiger partial charge in [0, 0.05) is 18.9 Å². The SMILES string of the molecule is COc1cc(C)c(C(N)C2CCC(F)(F)CC2)cc1C. The Kier molecular flexibility index (Phi) is 4.33. The number of ether oxygens (including phenoxy) is 1. The molecule has 0 spiro atoms. The second-order valence-corrected chi connectivity index (χ2v) is 5.90. The summed E-state index contributed by atoms with van der Waals surface area (Å²) in [7, 11) is 1.64. The van der Waals surface area contributed by atoms with Gasteiger partial charge in [0.2, 0.25) is 5.92 Å². The van der Waals surface area contributed by atoms with E-state index in [1.807, 2.05) is 26.0 Å². The van der Waals surface area contributed by atoms with Crippen LogP contribution in [0.15, 0.2) is 12.1 Å². The van der Waals surface area contributed by atoms with Gasteiger partial charge in [0.25, 0.3) is 0 Å². The summed E-state index contributed by atoms with van der Waals surface area (Å²) >= 11 is 0. The van der Waals surface area contributed by atoms with Gasteiger partial charge in [0.05, 0.1) is 7.11 Å². The monoisotopic (exact) mass is 283 g/mol. The molecule has 112 valence electrons. The number of benzene rings is 1. The van der Waals surface area contributed by atoms with E-state index in [0.717, 1.165) is 22.4 Å². The topological polar surface area (TPSA) is 35.2 Å². The van der Waals surface area contributed by atoms with Crippen molar-refractivity contribution >= 4 is 0 Å². The minimum absolute atomic E-state index is 0.0421. The van der Waals surface area contributed by atoms with Crippen LogP contribution in [-0.4, -0.2) is 13.0 Å². The molecule has 0 amide bonds. The van der Waals surface area contributed by atoms with Crippen LogP contribution in [-0.2, 0) is 0 Å². The van der Waals surface area contributed by atoms with Crippen molar-refractivity contribution in [3.63, 3.8) is 0 Å². The first-order chi connectivity index (χ1) is 9.34. The average molecular weight is 283 g/mol. The largest absolute Gasteiger partial charge is 0.496 e. The predicted molar refractivity (Wildman–Crippen MR) is 76.3 cm³/mol. The molecule has 1 aliphatic rings. The van der Waals surface area contributed by atoms with Gasteiger partial charge in [0.1, 0.15) is 5.75 Å². The Hall–Kier alpha value is -1.16. The molecule has 0 bridgehead atoms. The summed E-state index contributed by atoms with van der Waals surface area (Å²) in [6.45, 7) is 3.97. The van der Waals surface area contributed by atoms with Crippen LogP contribution >= 0.6 is 0 Å². The van der Waals surface area contributed by atoms with Crippen LogP contribution in [0.3, 0.4) is 0 Å². The van der Waals surface area contributed by atoms with Gasteiger partial charge in [-0.15, -0.1) is 0 Å². The van der Waals surface area contributed by atoms with E-state index < -0.39 is 5.92 Å². The summed E-state index contributed by atoms with van der Waals surface area (Å²) in [5, 5.41) is 0. The Labute approximate surface area is 119 Å². The molecule has 1 saturated carbocycles. The molecule has 0 saturated heterocycles. The predicted octanol–water partition coefficient (Wildman–Crippen LogP) is 4.14. The van der Waals surface area contributed by atoms with Crippen molar-refractivity contribution in [3.05, 3.63) is 28.8 Å². The van der Waals surface area contributed by atoms with Gasteiger partial charge in [0.15, 0.2) is 0 Å². The Balaban J connectivity index is 2.17. The zero-order valence-electron chi connectivity index (χ0n) is 12.4. The van der Waals surface area contributed by atoms with E-state index in [4.69, 9.17) is 10.5 Å². The number of methoxy groups -OCH3 is 1. The first-order valence-corrected chi connectivity index (χ1v) is 7.12. The van der Waals surface area contributed by atoms with Crippen molar-refractivity contribution in [2.24, 2.45) is 11.7 Å². The minimum atomic E-state index is -2.50. The highest BCUT2D eigenvalue weighted by atomic mass is 19.3. The fourth-order valence-electron chi connectivity index (χ4n) is 3.07. The van der Waals surface area contributed by atoms with Gasteiger partial charge in [-0.2, -0.15) is 0 Å². The summed E-state index contributed by atoms with van der Waals surface area (Å²) in [5.41, 5.74) is 9.49. The molecular weight excluding hydrogens is 260 g/mol. The molecule has 0 heterocycles. The van der Waals surface area contributed by atoms with E-state index in [0.29, 0.717) is 12.8 Å². The molecule has 2 nitrogen and oxygen atoms in total. The Bertz CT molecular complexity index is 478. The van der Waals surface area contributed by atoms with Crippen molar-refractivity contribution in [3.8, 4) is 5.75 Å². The number of halogens is 2. The molecule has 1 atom stereocenters. The van der Waals surface area contributed by atoms with Crippen molar-refractivity contribution in [2.75, 3.05) is 7.11 Å². The number of alkyl halides is 2. The number of aryl methyl sites for hydroxylation is 2. The lowest BCUT2D eigenvalue weighted by Gasteiger charge is -2.33. The Morgan fingerprint density at radius 2 is 1.80 bits per heavy atom. The molecule has 0 aromatic heterocycles. The summed E-state index contributed by atoms with van der Waals surface area (Å²) in [5.74, 6) is -1.52. The van der Waals surface area contributed by atoms with E-state index in [1.54, 1.807) is 7.11 Å². The van der Waals surface area contributed by atoms with Gasteiger partial charge in [-0.1, -0.05) is 6.07 Å². The smallest absolute Gasteiger partial charge is 0.248 e. The second kappa shape index (κ2) is 5.68. The van der Waals surface area contributed by atoms with Crippen LogP contribution in [0, 0.1) is 19.8 Å². The average Bonchev–Trinajstić information content (AvgIpc) is 2.40. The zero-order valence-corrected chi connectivity index (χ0v) is 12.4. The molecule has 1 aromatic rings. The lowest BCUT2D eigenvalue weighted by Crippen LogP contribution is -2.31. The molecule has 2 N–H and O–H groups in total. The molecule has 1 fully saturated rings. The highest BCUT2D eigenvalue weighted by Crippen LogP contribution is 2.41. The van der Waals surface area contributed by atoms with E-state index in [2.05, 4.69) is 0 Å². The van der Waals surface area contributed by atoms with Crippen molar-refractivity contribution in [1.82, 2.24) is 0 Å². The first kappa shape index (κ1) is 15.2. The normalized spacial score (nSPS) is 20.7. The van der Waals surface area contributed by atoms with Crippen LogP contribution in [0.2, 0.25) is 0 Å². The summed E-state index contributed by atoms with van der Waals surface area (Å²) in [6, 6.07) is 3.84. The van der Waals surface area contributed by atoms with Crippen molar-refractivity contribution in [1.29, 1.82) is 0 Å². The molecule has 0 aliphatic heterocycles. The molecule has 2 rings (SSSR count). The molecule has 1 aliphatic carbocycles. The summed E-state index contributed by atoms with van der Waals surface area (Å²) in [6.07, 6.45) is 0.913. The second-order valence-electron chi connectivity index (χ2n) is 5.90. The maximum absolute atomic E-state index is 13.2. The molecule has 20 heavy (non-hydrogen) atoms. The van der Waals surface area contributed by atoms with Gasteiger partial charge in [-0.05, 0) is 55.4 Å². The van der Waals surface area contributed by atoms with Crippen LogP contribution in [0.1, 0.15) is 48.4 Å². The van der Waals surface area contributed by atoms with E-state index in [1.165, 1.54) is 0 Å². The van der Waals surface area contributed by atoms with Crippen LogP contribution in [0.25, 0.3) is 0 Å². The van der Waals surface area contributed by atoms with Crippen molar-refractivity contribution in [2.45, 2.75) is 51.5 Å². The highest BCUT2D eigenvalue weighted by Gasteiger charge is 2.37. The fourth-order valence-corrected chi connectivity index (χ4v) is 3.07. The van der Waals surface area contributed by atoms with Crippen LogP contribution < -0.4 is 10.5 Å². The zero-order chi connectivity index (χ0) is 14.9. The quantitative estimate of drug-likeness (QED) is 0.905.